The average molecular weight is 907 g/mol. The molecule has 0 aromatic heterocycles. The Hall–Kier alpha value is -7.58. The van der Waals surface area contributed by atoms with Crippen LogP contribution in [0.3, 0.4) is 0 Å². The quantitative estimate of drug-likeness (QED) is 0.0376. The minimum atomic E-state index is -0.656. The summed E-state index contributed by atoms with van der Waals surface area (Å²) in [5, 5.41) is 0. The second-order valence-corrected chi connectivity index (χ2v) is 17.0. The molecule has 0 fully saturated rings. The van der Waals surface area contributed by atoms with Gasteiger partial charge in [0.25, 0.3) is 0 Å². The molecule has 8 heteroatoms. The zero-order chi connectivity index (χ0) is 47.5. The van der Waals surface area contributed by atoms with Gasteiger partial charge >= 0.3 is 23.9 Å². The second kappa shape index (κ2) is 24.8. The molecule has 0 spiro atoms. The van der Waals surface area contributed by atoms with Crippen LogP contribution in [0.1, 0.15) is 131 Å². The molecule has 0 aliphatic heterocycles. The predicted molar refractivity (Wildman–Crippen MR) is 268 cm³/mol. The van der Waals surface area contributed by atoms with Gasteiger partial charge in [-0.1, -0.05) is 144 Å². The third kappa shape index (κ3) is 14.2. The lowest BCUT2D eigenvalue weighted by Gasteiger charge is -2.09. The molecule has 0 atom stereocenters. The lowest BCUT2D eigenvalue weighted by molar-refractivity contribution is 0.0723. The van der Waals surface area contributed by atoms with Crippen LogP contribution < -0.4 is 18.9 Å². The second-order valence-electron chi connectivity index (χ2n) is 17.0. The van der Waals surface area contributed by atoms with Crippen LogP contribution in [0.4, 0.5) is 0 Å². The molecule has 0 bridgehead atoms. The van der Waals surface area contributed by atoms with Crippen molar-refractivity contribution in [3.8, 4) is 45.3 Å². The summed E-state index contributed by atoms with van der Waals surface area (Å²) in [5.41, 5.74) is 8.09. The van der Waals surface area contributed by atoms with E-state index in [1.165, 1.54) is 130 Å². The minimum Gasteiger partial charge on any atom is -0.423 e. The Kier molecular flexibility index (Phi) is 17.6. The molecule has 0 saturated heterocycles. The van der Waals surface area contributed by atoms with Crippen molar-refractivity contribution in [1.82, 2.24) is 0 Å². The number of hydrogen-bond acceptors (Lipinski definition) is 8. The average Bonchev–Trinajstić information content (AvgIpc) is 3.37. The van der Waals surface area contributed by atoms with E-state index in [-0.39, 0.29) is 34.1 Å². The van der Waals surface area contributed by atoms with Gasteiger partial charge in [-0.25, -0.2) is 19.2 Å². The van der Waals surface area contributed by atoms with Crippen LogP contribution in [0.5, 0.6) is 23.0 Å². The molecule has 0 N–H and O–H groups in total. The van der Waals surface area contributed by atoms with Gasteiger partial charge in [-0.05, 0) is 144 Å². The van der Waals surface area contributed by atoms with Gasteiger partial charge in [0.1, 0.15) is 23.0 Å². The molecule has 346 valence electrons. The van der Waals surface area contributed by atoms with Crippen LogP contribution in [0.15, 0.2) is 170 Å². The number of hydrogen-bond donors (Lipinski definition) is 0. The van der Waals surface area contributed by atoms with E-state index in [0.29, 0.717) is 11.1 Å². The molecule has 0 aliphatic carbocycles. The molecule has 0 radical (unpaired) electrons. The van der Waals surface area contributed by atoms with Crippen molar-refractivity contribution in [1.29, 1.82) is 0 Å². The van der Waals surface area contributed by atoms with Crippen molar-refractivity contribution in [2.45, 2.75) is 90.9 Å². The van der Waals surface area contributed by atoms with Crippen LogP contribution in [0, 0.1) is 0 Å². The van der Waals surface area contributed by atoms with Crippen molar-refractivity contribution in [3.05, 3.63) is 203 Å². The molecule has 7 rings (SSSR count). The fourth-order valence-electron chi connectivity index (χ4n) is 7.77. The van der Waals surface area contributed by atoms with Crippen molar-refractivity contribution >= 4 is 23.9 Å². The van der Waals surface area contributed by atoms with E-state index in [2.05, 4.69) is 62.4 Å². The maximum atomic E-state index is 13.0. The summed E-state index contributed by atoms with van der Waals surface area (Å²) in [6, 6.07) is 50.0. The first-order chi connectivity index (χ1) is 33.2. The number of benzene rings is 7. The number of carbonyl (C=O) groups excluding carboxylic acids is 4. The zero-order valence-electron chi connectivity index (χ0n) is 38.9. The summed E-state index contributed by atoms with van der Waals surface area (Å²) in [5.74, 6) is -1.50. The van der Waals surface area contributed by atoms with Crippen LogP contribution in [-0.2, 0) is 12.8 Å². The zero-order valence-corrected chi connectivity index (χ0v) is 38.9. The molecule has 0 amide bonds. The normalized spacial score (nSPS) is 10.9. The van der Waals surface area contributed by atoms with Crippen LogP contribution in [-0.4, -0.2) is 23.9 Å². The van der Waals surface area contributed by atoms with Crippen molar-refractivity contribution in [2.24, 2.45) is 0 Å². The van der Waals surface area contributed by atoms with Gasteiger partial charge in [0.2, 0.25) is 0 Å². The summed E-state index contributed by atoms with van der Waals surface area (Å²) >= 11 is 0. The Balaban J connectivity index is 0.846. The molecule has 0 saturated carbocycles. The molecular formula is C60H58O8. The van der Waals surface area contributed by atoms with E-state index in [1.807, 2.05) is 24.3 Å². The van der Waals surface area contributed by atoms with E-state index in [9.17, 15) is 19.2 Å². The smallest absolute Gasteiger partial charge is 0.343 e. The van der Waals surface area contributed by atoms with E-state index < -0.39 is 23.9 Å². The summed E-state index contributed by atoms with van der Waals surface area (Å²) in [6.45, 7) is 4.46. The van der Waals surface area contributed by atoms with Crippen molar-refractivity contribution in [3.63, 3.8) is 0 Å². The number of unbranched alkanes of at least 4 members (excludes halogenated alkanes) is 8. The standard InChI is InChI=1S/C60H58O8/c1-3-5-7-9-11-14-43-18-22-45(23-19-43)47-26-30-49(31-27-47)57(61)65-53-38-34-51(35-39-53)59(63)67-55-16-13-17-56(42-55)68-60(64)52-36-40-54(41-37-52)66-58(62)50-32-28-48(29-33-50)46-24-20-44(21-25-46)15-12-10-8-6-4-2/h13,16-42H,3-12,14-15H2,1-2H3. The van der Waals surface area contributed by atoms with E-state index in [1.54, 1.807) is 42.5 Å². The molecule has 0 heterocycles. The van der Waals surface area contributed by atoms with Gasteiger partial charge in [-0.15, -0.1) is 0 Å². The highest BCUT2D eigenvalue weighted by atomic mass is 16.6. The molecule has 7 aromatic rings. The molecule has 0 unspecified atom stereocenters. The maximum Gasteiger partial charge on any atom is 0.343 e. The molecule has 8 nitrogen and oxygen atoms in total. The molecule has 7 aromatic carbocycles. The van der Waals surface area contributed by atoms with Crippen LogP contribution in [0.2, 0.25) is 0 Å². The van der Waals surface area contributed by atoms with Crippen LogP contribution >= 0.6 is 0 Å². The highest BCUT2D eigenvalue weighted by Crippen LogP contribution is 2.26. The monoisotopic (exact) mass is 906 g/mol. The Morgan fingerprint density at radius 1 is 0.309 bits per heavy atom. The highest BCUT2D eigenvalue weighted by Gasteiger charge is 2.16. The van der Waals surface area contributed by atoms with Gasteiger partial charge in [-0.3, -0.25) is 0 Å². The predicted octanol–water partition coefficient (Wildman–Crippen LogP) is 14.9. The van der Waals surface area contributed by atoms with E-state index in [0.717, 1.165) is 35.1 Å². The summed E-state index contributed by atoms with van der Waals surface area (Å²) in [6.07, 6.45) is 14.8. The van der Waals surface area contributed by atoms with Gasteiger partial charge < -0.3 is 18.9 Å². The fraction of sp³-hybridized carbons (Fsp3) is 0.233. The fourth-order valence-corrected chi connectivity index (χ4v) is 7.77. The van der Waals surface area contributed by atoms with Crippen molar-refractivity contribution < 1.29 is 38.1 Å². The van der Waals surface area contributed by atoms with Gasteiger partial charge in [0, 0.05) is 6.07 Å². The van der Waals surface area contributed by atoms with Gasteiger partial charge in [0.05, 0.1) is 22.3 Å². The largest absolute Gasteiger partial charge is 0.423 e. The number of rotatable bonds is 22. The van der Waals surface area contributed by atoms with Crippen molar-refractivity contribution in [2.75, 3.05) is 0 Å². The first-order valence-corrected chi connectivity index (χ1v) is 23.8. The number of aryl methyl sites for hydroxylation is 2. The molecule has 68 heavy (non-hydrogen) atoms. The number of carbonyl (C=O) groups is 4. The lowest BCUT2D eigenvalue weighted by atomic mass is 10.00. The Morgan fingerprint density at radius 3 is 0.912 bits per heavy atom. The van der Waals surface area contributed by atoms with Gasteiger partial charge in [0.15, 0.2) is 0 Å². The number of esters is 4. The summed E-state index contributed by atoms with van der Waals surface area (Å²) in [7, 11) is 0. The Morgan fingerprint density at radius 2 is 0.588 bits per heavy atom. The van der Waals surface area contributed by atoms with Gasteiger partial charge in [-0.2, -0.15) is 0 Å². The maximum absolute atomic E-state index is 13.0. The highest BCUT2D eigenvalue weighted by molar-refractivity contribution is 5.94. The third-order valence-electron chi connectivity index (χ3n) is 11.8. The van der Waals surface area contributed by atoms with Crippen LogP contribution in [0.25, 0.3) is 22.3 Å². The molecular weight excluding hydrogens is 849 g/mol. The Labute approximate surface area is 399 Å². The summed E-state index contributed by atoms with van der Waals surface area (Å²) in [4.78, 5) is 52.0. The SMILES string of the molecule is CCCCCCCc1ccc(-c2ccc(C(=O)Oc3ccc(C(=O)Oc4cccc(OC(=O)c5ccc(OC(=O)c6ccc(-c7ccc(CCCCCCC)cc7)cc6)cc5)c4)cc3)cc2)cc1. The third-order valence-corrected chi connectivity index (χ3v) is 11.8. The lowest BCUT2D eigenvalue weighted by Crippen LogP contribution is -2.11. The first kappa shape index (κ1) is 48.4. The first-order valence-electron chi connectivity index (χ1n) is 23.8. The molecule has 0 aliphatic rings. The minimum absolute atomic E-state index is 0.157. The Bertz CT molecular complexity index is 2530. The summed E-state index contributed by atoms with van der Waals surface area (Å²) < 4.78 is 22.3. The van der Waals surface area contributed by atoms with E-state index in [4.69, 9.17) is 18.9 Å². The number of ether oxygens (including phenoxy) is 4. The topological polar surface area (TPSA) is 105 Å². The van der Waals surface area contributed by atoms with E-state index >= 15 is 0 Å².